The summed E-state index contributed by atoms with van der Waals surface area (Å²) in [4.78, 5) is 6.18. The predicted molar refractivity (Wildman–Crippen MR) is 110 cm³/mol. The number of halogens is 1. The van der Waals surface area contributed by atoms with Crippen LogP contribution in [-0.4, -0.2) is 25.2 Å². The van der Waals surface area contributed by atoms with Crippen molar-refractivity contribution in [2.24, 2.45) is 5.11 Å². The molecule has 0 saturated carbocycles. The third-order valence-corrected chi connectivity index (χ3v) is 5.00. The van der Waals surface area contributed by atoms with Crippen molar-refractivity contribution in [1.82, 2.24) is 4.98 Å². The smallest absolute Gasteiger partial charge is 0.118 e. The van der Waals surface area contributed by atoms with Gasteiger partial charge in [0.25, 0.3) is 0 Å². The van der Waals surface area contributed by atoms with Gasteiger partial charge in [-0.1, -0.05) is 33.2 Å². The first-order chi connectivity index (χ1) is 13.2. The minimum Gasteiger partial charge on any atom is -0.497 e. The molecule has 1 heterocycles. The molecular weight excluding hydrogens is 408 g/mol. The number of rotatable bonds is 9. The SMILES string of the molecule is COc1ccc(COC[C@H](CCN=[N+]=[N-])c2c[nH]c3ccc(Br)cc23)cc1. The van der Waals surface area contributed by atoms with E-state index in [0.29, 0.717) is 19.8 Å². The first-order valence-corrected chi connectivity index (χ1v) is 9.48. The molecule has 7 heteroatoms. The molecule has 0 radical (unpaired) electrons. The maximum absolute atomic E-state index is 8.59. The number of aromatic nitrogens is 1. The van der Waals surface area contributed by atoms with Gasteiger partial charge in [0, 0.05) is 38.9 Å². The highest BCUT2D eigenvalue weighted by Gasteiger charge is 2.16. The van der Waals surface area contributed by atoms with E-state index in [1.807, 2.05) is 42.6 Å². The van der Waals surface area contributed by atoms with Crippen LogP contribution in [0.15, 0.2) is 58.2 Å². The van der Waals surface area contributed by atoms with Crippen molar-refractivity contribution in [3.63, 3.8) is 0 Å². The number of azide groups is 1. The Morgan fingerprint density at radius 2 is 2.04 bits per heavy atom. The Bertz CT molecular complexity index is 933. The van der Waals surface area contributed by atoms with Gasteiger partial charge >= 0.3 is 0 Å². The van der Waals surface area contributed by atoms with Crippen LogP contribution in [0.3, 0.4) is 0 Å². The largest absolute Gasteiger partial charge is 0.497 e. The van der Waals surface area contributed by atoms with Crippen LogP contribution < -0.4 is 4.74 Å². The second-order valence-corrected chi connectivity index (χ2v) is 7.15. The molecule has 1 atom stereocenters. The van der Waals surface area contributed by atoms with Crippen LogP contribution in [0, 0.1) is 0 Å². The lowest BCUT2D eigenvalue weighted by Crippen LogP contribution is -2.09. The molecule has 0 aliphatic rings. The number of H-pyrrole nitrogens is 1. The lowest BCUT2D eigenvalue weighted by atomic mass is 9.96. The summed E-state index contributed by atoms with van der Waals surface area (Å²) in [6.45, 7) is 1.51. The van der Waals surface area contributed by atoms with Crippen LogP contribution >= 0.6 is 15.9 Å². The fourth-order valence-electron chi connectivity index (χ4n) is 3.08. The molecule has 0 unspecified atom stereocenters. The van der Waals surface area contributed by atoms with E-state index in [2.05, 4.69) is 37.0 Å². The molecule has 6 nitrogen and oxygen atoms in total. The van der Waals surface area contributed by atoms with Gasteiger partial charge in [-0.15, -0.1) is 0 Å². The fourth-order valence-corrected chi connectivity index (χ4v) is 3.44. The number of benzene rings is 2. The molecule has 0 aliphatic carbocycles. The molecule has 0 spiro atoms. The van der Waals surface area contributed by atoms with Crippen LogP contribution in [0.4, 0.5) is 0 Å². The van der Waals surface area contributed by atoms with Gasteiger partial charge in [-0.25, -0.2) is 0 Å². The Morgan fingerprint density at radius 3 is 2.78 bits per heavy atom. The van der Waals surface area contributed by atoms with Gasteiger partial charge in [0.2, 0.25) is 0 Å². The summed E-state index contributed by atoms with van der Waals surface area (Å²) in [5.74, 6) is 0.965. The predicted octanol–water partition coefficient (Wildman–Crippen LogP) is 5.94. The zero-order valence-corrected chi connectivity index (χ0v) is 16.6. The molecule has 1 aromatic heterocycles. The van der Waals surface area contributed by atoms with Crippen molar-refractivity contribution in [1.29, 1.82) is 0 Å². The second kappa shape index (κ2) is 9.46. The van der Waals surface area contributed by atoms with Crippen molar-refractivity contribution in [2.45, 2.75) is 18.9 Å². The molecule has 0 fully saturated rings. The minimum absolute atomic E-state index is 0.136. The molecule has 1 N–H and O–H groups in total. The maximum atomic E-state index is 8.59. The molecule has 27 heavy (non-hydrogen) atoms. The summed E-state index contributed by atoms with van der Waals surface area (Å²) in [6, 6.07) is 14.0. The van der Waals surface area contributed by atoms with Crippen molar-refractivity contribution >= 4 is 26.8 Å². The Kier molecular flexibility index (Phi) is 6.76. The highest BCUT2D eigenvalue weighted by Crippen LogP contribution is 2.30. The average Bonchev–Trinajstić information content (AvgIpc) is 3.10. The van der Waals surface area contributed by atoms with Crippen LogP contribution in [0.1, 0.15) is 23.5 Å². The number of hydrogen-bond donors (Lipinski definition) is 1. The molecule has 0 aliphatic heterocycles. The van der Waals surface area contributed by atoms with E-state index in [1.54, 1.807) is 7.11 Å². The number of aromatic amines is 1. The summed E-state index contributed by atoms with van der Waals surface area (Å²) in [6.07, 6.45) is 2.75. The van der Waals surface area contributed by atoms with E-state index in [9.17, 15) is 0 Å². The highest BCUT2D eigenvalue weighted by molar-refractivity contribution is 9.10. The van der Waals surface area contributed by atoms with Gasteiger partial charge in [-0.05, 0) is 53.4 Å². The Hall–Kier alpha value is -2.47. The van der Waals surface area contributed by atoms with Crippen molar-refractivity contribution in [2.75, 3.05) is 20.3 Å². The number of methoxy groups -OCH3 is 1. The highest BCUT2D eigenvalue weighted by atomic mass is 79.9. The lowest BCUT2D eigenvalue weighted by Gasteiger charge is -2.16. The molecule has 0 amide bonds. The molecule has 0 saturated heterocycles. The first kappa shape index (κ1) is 19.3. The summed E-state index contributed by atoms with van der Waals surface area (Å²) >= 11 is 3.54. The van der Waals surface area contributed by atoms with Gasteiger partial charge in [0.05, 0.1) is 20.3 Å². The zero-order valence-electron chi connectivity index (χ0n) is 15.1. The number of nitrogens with zero attached hydrogens (tertiary/aromatic N) is 3. The Labute approximate surface area is 166 Å². The van der Waals surface area contributed by atoms with Gasteiger partial charge < -0.3 is 14.5 Å². The fraction of sp³-hybridized carbons (Fsp3) is 0.300. The third kappa shape index (κ3) is 5.04. The molecule has 2 aromatic carbocycles. The van der Waals surface area contributed by atoms with E-state index >= 15 is 0 Å². The Morgan fingerprint density at radius 1 is 1.22 bits per heavy atom. The van der Waals surface area contributed by atoms with Crippen molar-refractivity contribution in [3.8, 4) is 5.75 Å². The number of ether oxygens (including phenoxy) is 2. The van der Waals surface area contributed by atoms with E-state index in [0.717, 1.165) is 33.1 Å². The van der Waals surface area contributed by atoms with Crippen LogP contribution in [0.5, 0.6) is 5.75 Å². The van der Waals surface area contributed by atoms with Crippen LogP contribution in [-0.2, 0) is 11.3 Å². The maximum Gasteiger partial charge on any atom is 0.118 e. The molecule has 0 bridgehead atoms. The van der Waals surface area contributed by atoms with Gasteiger partial charge in [0.15, 0.2) is 0 Å². The zero-order chi connectivity index (χ0) is 19.1. The van der Waals surface area contributed by atoms with E-state index in [1.165, 1.54) is 5.56 Å². The summed E-state index contributed by atoms with van der Waals surface area (Å²) in [5.41, 5.74) is 11.9. The van der Waals surface area contributed by atoms with E-state index in [4.69, 9.17) is 15.0 Å². The monoisotopic (exact) mass is 428 g/mol. The third-order valence-electron chi connectivity index (χ3n) is 4.50. The van der Waals surface area contributed by atoms with Crippen molar-refractivity contribution < 1.29 is 9.47 Å². The van der Waals surface area contributed by atoms with Crippen LogP contribution in [0.25, 0.3) is 21.3 Å². The minimum atomic E-state index is 0.136. The molecule has 3 aromatic rings. The standard InChI is InChI=1S/C20H21BrN4O2/c1-26-17-5-2-14(3-6-17)12-27-13-15(8-9-24-25-22)19-11-23-20-7-4-16(21)10-18(19)20/h2-7,10-11,15,23H,8-9,12-13H2,1H3/t15-/m0/s1. The summed E-state index contributed by atoms with van der Waals surface area (Å²) < 4.78 is 12.2. The quantitative estimate of drug-likeness (QED) is 0.259. The normalized spacial score (nSPS) is 11.9. The number of nitrogens with one attached hydrogen (secondary N) is 1. The van der Waals surface area contributed by atoms with Crippen molar-refractivity contribution in [3.05, 3.63) is 74.7 Å². The molecule has 3 rings (SSSR count). The number of hydrogen-bond acceptors (Lipinski definition) is 3. The van der Waals surface area contributed by atoms with Gasteiger partial charge in [-0.3, -0.25) is 0 Å². The lowest BCUT2D eigenvalue weighted by molar-refractivity contribution is 0.105. The topological polar surface area (TPSA) is 83.0 Å². The van der Waals surface area contributed by atoms with Gasteiger partial charge in [0.1, 0.15) is 5.75 Å². The van der Waals surface area contributed by atoms with Crippen LogP contribution in [0.2, 0.25) is 0 Å². The average molecular weight is 429 g/mol. The number of fused-ring (bicyclic) bond motifs is 1. The summed E-state index contributed by atoms with van der Waals surface area (Å²) in [7, 11) is 1.65. The van der Waals surface area contributed by atoms with Gasteiger partial charge in [-0.2, -0.15) is 0 Å². The Balaban J connectivity index is 1.72. The molecular formula is C20H21BrN4O2. The van der Waals surface area contributed by atoms with E-state index in [-0.39, 0.29) is 5.92 Å². The summed E-state index contributed by atoms with van der Waals surface area (Å²) in [5, 5.41) is 4.85. The first-order valence-electron chi connectivity index (χ1n) is 8.69. The second-order valence-electron chi connectivity index (χ2n) is 6.24. The van der Waals surface area contributed by atoms with E-state index < -0.39 is 0 Å². The molecule has 140 valence electrons.